The molecule has 0 amide bonds. The Morgan fingerprint density at radius 3 is 2.27 bits per heavy atom. The Balaban J connectivity index is 0.000001000. The number of rotatable bonds is 2. The summed E-state index contributed by atoms with van der Waals surface area (Å²) < 4.78 is 0. The van der Waals surface area contributed by atoms with Gasteiger partial charge in [-0.1, -0.05) is 30.3 Å². The van der Waals surface area contributed by atoms with Crippen LogP contribution in [0.2, 0.25) is 0 Å². The van der Waals surface area contributed by atoms with Gasteiger partial charge < -0.3 is 5.11 Å². The first-order valence-electron chi connectivity index (χ1n) is 3.27. The fraction of sp³-hybridized carbons (Fsp3) is 0.250. The second-order valence-electron chi connectivity index (χ2n) is 2.16. The molecule has 0 fully saturated rings. The minimum Gasteiger partial charge on any atom is -0.388 e. The molecule has 3 radical (unpaired) electrons. The fourth-order valence-electron chi connectivity index (χ4n) is 0.811. The Hall–Kier alpha value is -0.325. The highest BCUT2D eigenvalue weighted by Crippen LogP contribution is 2.13. The first kappa shape index (κ1) is 10.7. The van der Waals surface area contributed by atoms with Gasteiger partial charge in [0, 0.05) is 8.41 Å². The van der Waals surface area contributed by atoms with Crippen LogP contribution in [0.1, 0.15) is 11.7 Å². The van der Waals surface area contributed by atoms with Crippen LogP contribution in [0.4, 0.5) is 0 Å². The van der Waals surface area contributed by atoms with Crippen LogP contribution in [0.15, 0.2) is 30.3 Å². The summed E-state index contributed by atoms with van der Waals surface area (Å²) in [7, 11) is 2.52. The van der Waals surface area contributed by atoms with Crippen molar-refractivity contribution in [1.82, 2.24) is 0 Å². The largest absolute Gasteiger partial charge is 0.388 e. The van der Waals surface area contributed by atoms with Crippen molar-refractivity contribution in [3.63, 3.8) is 0 Å². The summed E-state index contributed by atoms with van der Waals surface area (Å²) in [6.07, 6.45) is 0.371. The third-order valence-electron chi connectivity index (χ3n) is 1.41. The summed E-state index contributed by atoms with van der Waals surface area (Å²) in [6, 6.07) is 9.65. The van der Waals surface area contributed by atoms with Crippen LogP contribution in [-0.4, -0.2) is 19.7 Å². The average molecular weight is 165 g/mol. The van der Waals surface area contributed by atoms with Crippen LogP contribution in [0.25, 0.3) is 0 Å². The Morgan fingerprint density at radius 2 is 1.82 bits per heavy atom. The van der Waals surface area contributed by atoms with Gasteiger partial charge in [0.05, 0.1) is 6.10 Å². The summed E-state index contributed by atoms with van der Waals surface area (Å²) >= 11 is 0. The lowest BCUT2D eigenvalue weighted by Crippen LogP contribution is -1.96. The third kappa shape index (κ3) is 3.05. The summed E-state index contributed by atoms with van der Waals surface area (Å²) in [4.78, 5) is 0. The number of hydrogen-bond donors (Lipinski definition) is 1. The minimum absolute atomic E-state index is 0. The third-order valence-corrected chi connectivity index (χ3v) is 1.85. The van der Waals surface area contributed by atoms with Crippen LogP contribution in [0.3, 0.4) is 0 Å². The monoisotopic (exact) mass is 165 g/mol. The van der Waals surface area contributed by atoms with E-state index in [1.165, 1.54) is 0 Å². The Bertz CT molecular complexity index is 191. The van der Waals surface area contributed by atoms with Crippen molar-refractivity contribution in [3.05, 3.63) is 35.9 Å². The molecule has 0 bridgehead atoms. The first-order valence-corrected chi connectivity index (χ1v) is 4.09. The summed E-state index contributed by atoms with van der Waals surface area (Å²) in [5.41, 5.74) is 0.984. The Labute approximate surface area is 71.6 Å². The van der Waals surface area contributed by atoms with E-state index in [1.807, 2.05) is 30.3 Å². The molecule has 0 heterocycles. The maximum Gasteiger partial charge on any atom is 0.0824 e. The average Bonchev–Trinajstić information content (AvgIpc) is 2.05. The molecule has 0 aliphatic rings. The van der Waals surface area contributed by atoms with E-state index in [2.05, 4.69) is 9.24 Å². The van der Waals surface area contributed by atoms with Crippen molar-refractivity contribution in [1.29, 1.82) is 0 Å². The molecule has 1 nitrogen and oxygen atoms in total. The highest BCUT2D eigenvalue weighted by Gasteiger charge is 2.00. The van der Waals surface area contributed by atoms with Gasteiger partial charge in [-0.25, -0.2) is 0 Å². The molecule has 2 unspecified atom stereocenters. The second kappa shape index (κ2) is 5.34. The highest BCUT2D eigenvalue weighted by atomic mass is 31.0. The van der Waals surface area contributed by atoms with E-state index in [-0.39, 0.29) is 14.5 Å². The van der Waals surface area contributed by atoms with Crippen LogP contribution in [-0.2, 0) is 0 Å². The Morgan fingerprint density at radius 1 is 1.27 bits per heavy atom. The normalized spacial score (nSPS) is 11.8. The minimum atomic E-state index is -0.328. The smallest absolute Gasteiger partial charge is 0.0824 e. The second-order valence-corrected chi connectivity index (χ2v) is 2.63. The lowest BCUT2D eigenvalue weighted by molar-refractivity contribution is 0.204. The molecule has 2 atom stereocenters. The van der Waals surface area contributed by atoms with E-state index in [0.29, 0.717) is 6.16 Å². The van der Waals surface area contributed by atoms with Gasteiger partial charge in [-0.3, -0.25) is 0 Å². The van der Waals surface area contributed by atoms with Gasteiger partial charge >= 0.3 is 0 Å². The molecule has 1 aromatic rings. The van der Waals surface area contributed by atoms with Crippen LogP contribution in [0.5, 0.6) is 0 Å². The predicted molar refractivity (Wildman–Crippen MR) is 51.7 cm³/mol. The molecule has 1 aromatic carbocycles. The molecule has 0 saturated carbocycles. The van der Waals surface area contributed by atoms with Crippen molar-refractivity contribution in [2.24, 2.45) is 0 Å². The topological polar surface area (TPSA) is 20.2 Å². The summed E-state index contributed by atoms with van der Waals surface area (Å²) in [5.74, 6) is 0. The molecular formula is C8H11BOP. The molecule has 0 aromatic heterocycles. The van der Waals surface area contributed by atoms with Gasteiger partial charge in [-0.2, -0.15) is 0 Å². The summed E-state index contributed by atoms with van der Waals surface area (Å²) in [6.45, 7) is 0. The van der Waals surface area contributed by atoms with Gasteiger partial charge in [0.15, 0.2) is 0 Å². The molecular weight excluding hydrogens is 154 g/mol. The van der Waals surface area contributed by atoms with E-state index in [9.17, 15) is 5.11 Å². The van der Waals surface area contributed by atoms with Crippen molar-refractivity contribution in [2.45, 2.75) is 6.10 Å². The lowest BCUT2D eigenvalue weighted by atomic mass is 10.1. The molecule has 0 aliphatic carbocycles. The molecule has 0 spiro atoms. The van der Waals surface area contributed by atoms with Crippen molar-refractivity contribution < 1.29 is 5.11 Å². The number of benzene rings is 1. The fourth-order valence-corrected chi connectivity index (χ4v) is 1.08. The number of aliphatic hydroxyl groups is 1. The quantitative estimate of drug-likeness (QED) is 0.515. The van der Waals surface area contributed by atoms with Crippen LogP contribution < -0.4 is 0 Å². The zero-order chi connectivity index (χ0) is 7.40. The highest BCUT2D eigenvalue weighted by molar-refractivity contribution is 7.16. The van der Waals surface area contributed by atoms with Crippen molar-refractivity contribution >= 4 is 17.7 Å². The predicted octanol–water partition coefficient (Wildman–Crippen LogP) is 1.21. The molecule has 0 saturated heterocycles. The van der Waals surface area contributed by atoms with E-state index in [0.717, 1.165) is 5.56 Å². The molecule has 1 N–H and O–H groups in total. The summed E-state index contributed by atoms with van der Waals surface area (Å²) in [5, 5.41) is 9.31. The van der Waals surface area contributed by atoms with Crippen molar-refractivity contribution in [2.75, 3.05) is 6.16 Å². The molecule has 0 aliphatic heterocycles. The zero-order valence-corrected chi connectivity index (χ0v) is 7.43. The Kier molecular flexibility index (Phi) is 5.18. The zero-order valence-electron chi connectivity index (χ0n) is 6.27. The van der Waals surface area contributed by atoms with Gasteiger partial charge in [0.25, 0.3) is 0 Å². The maximum absolute atomic E-state index is 9.31. The van der Waals surface area contributed by atoms with Gasteiger partial charge in [0.1, 0.15) is 0 Å². The first-order chi connectivity index (χ1) is 4.84. The lowest BCUT2D eigenvalue weighted by Gasteiger charge is -2.05. The van der Waals surface area contributed by atoms with E-state index >= 15 is 0 Å². The number of hydrogen-bond acceptors (Lipinski definition) is 1. The van der Waals surface area contributed by atoms with Crippen LogP contribution >= 0.6 is 9.24 Å². The molecule has 11 heavy (non-hydrogen) atoms. The van der Waals surface area contributed by atoms with Crippen LogP contribution in [0, 0.1) is 0 Å². The molecule has 1 rings (SSSR count). The molecule has 3 heteroatoms. The maximum atomic E-state index is 9.31. The van der Waals surface area contributed by atoms with E-state index < -0.39 is 0 Å². The van der Waals surface area contributed by atoms with Gasteiger partial charge in [0.2, 0.25) is 0 Å². The molecule has 57 valence electrons. The van der Waals surface area contributed by atoms with E-state index in [4.69, 9.17) is 0 Å². The van der Waals surface area contributed by atoms with Gasteiger partial charge in [-0.15, -0.1) is 9.24 Å². The SMILES string of the molecule is OC(CP)c1ccccc1.[B]. The standard InChI is InChI=1S/C8H11OP.B/c9-8(6-10)7-4-2-1-3-5-7;/h1-5,8-9H,6,10H2;. The van der Waals surface area contributed by atoms with Gasteiger partial charge in [-0.05, 0) is 11.7 Å². The van der Waals surface area contributed by atoms with Crippen molar-refractivity contribution in [3.8, 4) is 0 Å². The number of aliphatic hydroxyl groups excluding tert-OH is 1. The van der Waals surface area contributed by atoms with E-state index in [1.54, 1.807) is 0 Å².